The maximum atomic E-state index is 13.6. The summed E-state index contributed by atoms with van der Waals surface area (Å²) in [4.78, 5) is 21.2. The average molecular weight is 714 g/mol. The number of nitrogens with zero attached hydrogens (tertiary/aromatic N) is 3. The number of aryl methyl sites for hydroxylation is 2. The van der Waals surface area contributed by atoms with Crippen molar-refractivity contribution in [3.63, 3.8) is 0 Å². The van der Waals surface area contributed by atoms with Crippen LogP contribution in [0.15, 0.2) is 73.1 Å². The predicted octanol–water partition coefficient (Wildman–Crippen LogP) is 7.72. The van der Waals surface area contributed by atoms with E-state index < -0.39 is 41.0 Å². The molecule has 2 heterocycles. The molecule has 1 fully saturated rings. The summed E-state index contributed by atoms with van der Waals surface area (Å²) in [6.45, 7) is 6.83. The Morgan fingerprint density at radius 3 is 2.15 bits per heavy atom. The molecule has 0 aliphatic carbocycles. The molecule has 2 aromatic carbocycles. The van der Waals surface area contributed by atoms with Gasteiger partial charge in [-0.15, -0.1) is 37.2 Å². The Kier molecular flexibility index (Phi) is 16.0. The first-order valence-corrected chi connectivity index (χ1v) is 13.9. The fraction of sp³-hybridized carbons (Fsp3) is 0.375. The smallest absolute Gasteiger partial charge is 0.333 e. The number of hydrogen-bond donors (Lipinski definition) is 1. The van der Waals surface area contributed by atoms with Gasteiger partial charge in [-0.05, 0) is 66.8 Å². The third-order valence-corrected chi connectivity index (χ3v) is 7.55. The number of aromatic nitrogens is 1. The molecule has 1 saturated heterocycles. The van der Waals surface area contributed by atoms with Crippen molar-refractivity contribution in [1.82, 2.24) is 20.1 Å². The molecular weight excluding hydrogens is 677 g/mol. The average Bonchev–Trinajstić information content (AvgIpc) is 2.96. The molecular formula is C32H37Cl3F6N4O. The molecule has 1 atom stereocenters. The Labute approximate surface area is 283 Å². The van der Waals surface area contributed by atoms with Crippen molar-refractivity contribution in [2.45, 2.75) is 45.2 Å². The number of carbonyl (C=O) groups is 1. The lowest BCUT2D eigenvalue weighted by molar-refractivity contribution is -0.143. The van der Waals surface area contributed by atoms with Crippen LogP contribution in [0.25, 0.3) is 0 Å². The SMILES string of the molecule is Cc1ccc(C[C@@H]2CN(CC=CCNCc3cccnc3)CCN2C(=O)c2cc(C(F)(F)F)cc(C(F)(F)F)c2)cc1C.Cl.Cl.Cl. The van der Waals surface area contributed by atoms with Gasteiger partial charge < -0.3 is 10.2 Å². The number of piperazine rings is 1. The maximum absolute atomic E-state index is 13.6. The minimum absolute atomic E-state index is 0. The number of pyridine rings is 1. The Hall–Kier alpha value is -2.83. The minimum atomic E-state index is -5.03. The minimum Gasteiger partial charge on any atom is -0.333 e. The van der Waals surface area contributed by atoms with E-state index in [2.05, 4.69) is 15.2 Å². The number of carbonyl (C=O) groups excluding carboxylic acids is 1. The molecule has 1 N–H and O–H groups in total. The zero-order valence-corrected chi connectivity index (χ0v) is 27.6. The number of hydrogen-bond acceptors (Lipinski definition) is 4. The van der Waals surface area contributed by atoms with Gasteiger partial charge in [-0.25, -0.2) is 0 Å². The molecule has 5 nitrogen and oxygen atoms in total. The van der Waals surface area contributed by atoms with Crippen LogP contribution < -0.4 is 5.32 Å². The fourth-order valence-corrected chi connectivity index (χ4v) is 5.08. The first kappa shape index (κ1) is 41.2. The first-order valence-electron chi connectivity index (χ1n) is 13.9. The summed E-state index contributed by atoms with van der Waals surface area (Å²) < 4.78 is 81.0. The molecule has 0 spiro atoms. The highest BCUT2D eigenvalue weighted by Crippen LogP contribution is 2.37. The van der Waals surface area contributed by atoms with E-state index >= 15 is 0 Å². The molecule has 0 saturated carbocycles. The van der Waals surface area contributed by atoms with Crippen molar-refractivity contribution in [3.05, 3.63) is 112 Å². The predicted molar refractivity (Wildman–Crippen MR) is 174 cm³/mol. The summed E-state index contributed by atoms with van der Waals surface area (Å²) in [6, 6.07) is 10.3. The molecule has 3 aromatic rings. The van der Waals surface area contributed by atoms with E-state index in [-0.39, 0.29) is 49.8 Å². The van der Waals surface area contributed by atoms with Gasteiger partial charge in [-0.2, -0.15) is 26.3 Å². The zero-order valence-electron chi connectivity index (χ0n) is 25.2. The molecule has 254 valence electrons. The number of rotatable bonds is 9. The van der Waals surface area contributed by atoms with Crippen LogP contribution >= 0.6 is 37.2 Å². The van der Waals surface area contributed by atoms with Crippen LogP contribution in [0.5, 0.6) is 0 Å². The van der Waals surface area contributed by atoms with Gasteiger partial charge in [0.2, 0.25) is 0 Å². The third kappa shape index (κ3) is 11.5. The quantitative estimate of drug-likeness (QED) is 0.140. The first-order chi connectivity index (χ1) is 20.3. The van der Waals surface area contributed by atoms with Gasteiger partial charge in [0.25, 0.3) is 5.91 Å². The molecule has 14 heteroatoms. The highest BCUT2D eigenvalue weighted by molar-refractivity contribution is 5.95. The molecule has 1 aromatic heterocycles. The van der Waals surface area contributed by atoms with E-state index in [0.29, 0.717) is 51.3 Å². The number of amides is 1. The van der Waals surface area contributed by atoms with Crippen molar-refractivity contribution in [2.75, 3.05) is 32.7 Å². The molecule has 1 amide bonds. The topological polar surface area (TPSA) is 48.5 Å². The van der Waals surface area contributed by atoms with Gasteiger partial charge in [-0.1, -0.05) is 36.4 Å². The summed E-state index contributed by atoms with van der Waals surface area (Å²) in [5, 5.41) is 3.30. The molecule has 0 unspecified atom stereocenters. The summed E-state index contributed by atoms with van der Waals surface area (Å²) in [5.74, 6) is -0.847. The van der Waals surface area contributed by atoms with Crippen molar-refractivity contribution in [2.24, 2.45) is 0 Å². The highest BCUT2D eigenvalue weighted by atomic mass is 35.5. The fourth-order valence-electron chi connectivity index (χ4n) is 5.08. The van der Waals surface area contributed by atoms with E-state index in [4.69, 9.17) is 0 Å². The van der Waals surface area contributed by atoms with Gasteiger partial charge in [-0.3, -0.25) is 14.7 Å². The number of nitrogens with one attached hydrogen (secondary N) is 1. The van der Waals surface area contributed by atoms with Crippen molar-refractivity contribution in [1.29, 1.82) is 0 Å². The Morgan fingerprint density at radius 1 is 0.891 bits per heavy atom. The van der Waals surface area contributed by atoms with Gasteiger partial charge in [0, 0.05) is 63.3 Å². The zero-order chi connectivity index (χ0) is 31.2. The second-order valence-electron chi connectivity index (χ2n) is 10.8. The summed E-state index contributed by atoms with van der Waals surface area (Å²) >= 11 is 0. The number of halogens is 9. The molecule has 46 heavy (non-hydrogen) atoms. The van der Waals surface area contributed by atoms with Crippen LogP contribution in [0.1, 0.15) is 43.7 Å². The second-order valence-corrected chi connectivity index (χ2v) is 10.8. The van der Waals surface area contributed by atoms with E-state index in [1.165, 1.54) is 4.90 Å². The van der Waals surface area contributed by atoms with E-state index in [0.717, 1.165) is 22.3 Å². The van der Waals surface area contributed by atoms with Crippen LogP contribution in [-0.4, -0.2) is 59.5 Å². The van der Waals surface area contributed by atoms with Crippen LogP contribution in [0, 0.1) is 13.8 Å². The Balaban J connectivity index is 0.00000353. The molecule has 1 aliphatic rings. The normalized spacial score (nSPS) is 15.6. The van der Waals surface area contributed by atoms with E-state index in [1.54, 1.807) is 12.4 Å². The van der Waals surface area contributed by atoms with Gasteiger partial charge in [0.1, 0.15) is 0 Å². The van der Waals surface area contributed by atoms with Gasteiger partial charge in [0.15, 0.2) is 0 Å². The number of benzene rings is 2. The summed E-state index contributed by atoms with van der Waals surface area (Å²) in [6.07, 6.45) is -2.17. The standard InChI is InChI=1S/C32H34F6N4O.3ClH/c1-22-7-8-24(14-23(22)2)15-29-21-41(11-4-3-9-39-19-25-6-5-10-40-20-25)12-13-42(29)30(43)26-16-27(31(33,34)35)18-28(17-26)32(36,37)38;;;/h3-8,10,14,16-18,20,29,39H,9,11-13,15,19,21H2,1-2H3;3*1H/t29-;;;/m1.../s1. The molecule has 0 bridgehead atoms. The van der Waals surface area contributed by atoms with Crippen LogP contribution in [-0.2, 0) is 25.3 Å². The van der Waals surface area contributed by atoms with Gasteiger partial charge >= 0.3 is 12.4 Å². The maximum Gasteiger partial charge on any atom is 0.416 e. The van der Waals surface area contributed by atoms with Crippen LogP contribution in [0.4, 0.5) is 26.3 Å². The Bertz CT molecular complexity index is 1410. The highest BCUT2D eigenvalue weighted by Gasteiger charge is 2.39. The monoisotopic (exact) mass is 712 g/mol. The third-order valence-electron chi connectivity index (χ3n) is 7.55. The van der Waals surface area contributed by atoms with Crippen molar-refractivity contribution < 1.29 is 31.1 Å². The Morgan fingerprint density at radius 2 is 1.57 bits per heavy atom. The lowest BCUT2D eigenvalue weighted by Gasteiger charge is -2.41. The second kappa shape index (κ2) is 17.9. The molecule has 0 radical (unpaired) electrons. The van der Waals surface area contributed by atoms with Crippen molar-refractivity contribution >= 4 is 43.1 Å². The lowest BCUT2D eigenvalue weighted by Crippen LogP contribution is -2.56. The van der Waals surface area contributed by atoms with Crippen LogP contribution in [0.3, 0.4) is 0 Å². The van der Waals surface area contributed by atoms with E-state index in [9.17, 15) is 31.1 Å². The summed E-state index contributed by atoms with van der Waals surface area (Å²) in [7, 11) is 0. The number of alkyl halides is 6. The van der Waals surface area contributed by atoms with Gasteiger partial charge in [0.05, 0.1) is 11.1 Å². The van der Waals surface area contributed by atoms with Crippen molar-refractivity contribution in [3.8, 4) is 0 Å². The summed E-state index contributed by atoms with van der Waals surface area (Å²) in [5.41, 5.74) is 0.511. The molecule has 4 rings (SSSR count). The van der Waals surface area contributed by atoms with Crippen LogP contribution in [0.2, 0.25) is 0 Å². The largest absolute Gasteiger partial charge is 0.416 e. The lowest BCUT2D eigenvalue weighted by atomic mass is 9.97. The van der Waals surface area contributed by atoms with E-state index in [1.807, 2.05) is 56.3 Å². The molecule has 1 aliphatic heterocycles.